The Bertz CT molecular complexity index is 296. The van der Waals surface area contributed by atoms with Gasteiger partial charge in [0.25, 0.3) is 0 Å². The van der Waals surface area contributed by atoms with Gasteiger partial charge in [0.2, 0.25) is 0 Å². The Morgan fingerprint density at radius 2 is 2.00 bits per heavy atom. The molecule has 0 spiro atoms. The van der Waals surface area contributed by atoms with Crippen molar-refractivity contribution in [2.45, 2.75) is 6.92 Å². The smallest absolute Gasteiger partial charge is 0.00858 e. The Morgan fingerprint density at radius 3 is 2.54 bits per heavy atom. The lowest BCUT2D eigenvalue weighted by atomic mass is 10.1. The second kappa shape index (κ2) is 5.65. The minimum atomic E-state index is 0.782. The van der Waals surface area contributed by atoms with E-state index >= 15 is 0 Å². The summed E-state index contributed by atoms with van der Waals surface area (Å²) in [4.78, 5) is 0. The van der Waals surface area contributed by atoms with Crippen LogP contribution in [0.1, 0.15) is 12.5 Å². The van der Waals surface area contributed by atoms with E-state index in [1.54, 1.807) is 0 Å². The van der Waals surface area contributed by atoms with Crippen LogP contribution in [0.3, 0.4) is 0 Å². The molecule has 0 aromatic heterocycles. The first-order valence-electron chi connectivity index (χ1n) is 4.37. The molecule has 0 nitrogen and oxygen atoms in total. The maximum Gasteiger partial charge on any atom is 0.00858 e. The van der Waals surface area contributed by atoms with Crippen LogP contribution in [0.4, 0.5) is 0 Å². The highest BCUT2D eigenvalue weighted by atomic mass is 32.1. The zero-order chi connectivity index (χ0) is 9.52. The first kappa shape index (κ1) is 10.1. The number of thiol groups is 1. The molecule has 68 valence electrons. The third kappa shape index (κ3) is 3.11. The highest BCUT2D eigenvalue weighted by molar-refractivity contribution is 7.80. The molecular weight excluding hydrogens is 176 g/mol. The summed E-state index contributed by atoms with van der Waals surface area (Å²) in [6.45, 7) is 2.05. The fourth-order valence-electron chi connectivity index (χ4n) is 1.17. The van der Waals surface area contributed by atoms with Gasteiger partial charge in [-0.2, -0.15) is 12.6 Å². The number of allylic oxidation sites excluding steroid dienone is 3. The minimum Gasteiger partial charge on any atom is -0.175 e. The van der Waals surface area contributed by atoms with Crippen molar-refractivity contribution in [3.05, 3.63) is 54.1 Å². The summed E-state index contributed by atoms with van der Waals surface area (Å²) < 4.78 is 0. The molecule has 0 saturated carbocycles. The number of rotatable bonds is 3. The van der Waals surface area contributed by atoms with E-state index in [9.17, 15) is 0 Å². The van der Waals surface area contributed by atoms with Crippen molar-refractivity contribution in [1.82, 2.24) is 0 Å². The number of hydrogen-bond donors (Lipinski definition) is 1. The predicted molar refractivity (Wildman–Crippen MR) is 63.1 cm³/mol. The van der Waals surface area contributed by atoms with Crippen molar-refractivity contribution in [3.63, 3.8) is 0 Å². The standard InChI is InChI=1S/C12H14S/c1-2-11(9-6-10-13)12-7-4-3-5-8-12/h2-9,13H,10H2,1H3/b9-6-,11-2+. The molecule has 0 saturated heterocycles. The molecule has 1 aromatic rings. The molecule has 0 fully saturated rings. The van der Waals surface area contributed by atoms with E-state index in [-0.39, 0.29) is 0 Å². The Hall–Kier alpha value is -0.950. The molecule has 1 heteroatoms. The molecular formula is C12H14S. The van der Waals surface area contributed by atoms with Crippen LogP contribution >= 0.6 is 12.6 Å². The summed E-state index contributed by atoms with van der Waals surface area (Å²) in [6.07, 6.45) is 6.25. The summed E-state index contributed by atoms with van der Waals surface area (Å²) in [5.41, 5.74) is 2.50. The molecule has 0 aliphatic rings. The van der Waals surface area contributed by atoms with Gasteiger partial charge in [0.15, 0.2) is 0 Å². The van der Waals surface area contributed by atoms with Gasteiger partial charge in [-0.25, -0.2) is 0 Å². The third-order valence-corrected chi connectivity index (χ3v) is 2.03. The van der Waals surface area contributed by atoms with E-state index in [1.165, 1.54) is 11.1 Å². The largest absolute Gasteiger partial charge is 0.175 e. The summed E-state index contributed by atoms with van der Waals surface area (Å²) in [5.74, 6) is 0.782. The molecule has 0 aliphatic heterocycles. The average molecular weight is 190 g/mol. The molecule has 0 bridgehead atoms. The molecule has 0 heterocycles. The fourth-order valence-corrected chi connectivity index (χ4v) is 1.27. The summed E-state index contributed by atoms with van der Waals surface area (Å²) in [7, 11) is 0. The monoisotopic (exact) mass is 190 g/mol. The van der Waals surface area contributed by atoms with Gasteiger partial charge in [0.1, 0.15) is 0 Å². The maximum atomic E-state index is 4.13. The fraction of sp³-hybridized carbons (Fsp3) is 0.167. The van der Waals surface area contributed by atoms with Crippen LogP contribution in [0.5, 0.6) is 0 Å². The van der Waals surface area contributed by atoms with Crippen LogP contribution in [0, 0.1) is 0 Å². The van der Waals surface area contributed by atoms with Gasteiger partial charge in [-0.15, -0.1) is 0 Å². The molecule has 0 N–H and O–H groups in total. The molecule has 0 radical (unpaired) electrons. The minimum absolute atomic E-state index is 0.782. The van der Waals surface area contributed by atoms with Gasteiger partial charge >= 0.3 is 0 Å². The van der Waals surface area contributed by atoms with Crippen molar-refractivity contribution in [2.75, 3.05) is 5.75 Å². The lowest BCUT2D eigenvalue weighted by Crippen LogP contribution is -1.78. The van der Waals surface area contributed by atoms with E-state index < -0.39 is 0 Å². The summed E-state index contributed by atoms with van der Waals surface area (Å²) >= 11 is 4.13. The number of benzene rings is 1. The molecule has 0 unspecified atom stereocenters. The lowest BCUT2D eigenvalue weighted by molar-refractivity contribution is 1.59. The van der Waals surface area contributed by atoms with Crippen LogP contribution in [0.15, 0.2) is 48.6 Å². The van der Waals surface area contributed by atoms with Gasteiger partial charge in [0, 0.05) is 5.75 Å². The topological polar surface area (TPSA) is 0 Å². The average Bonchev–Trinajstić information content (AvgIpc) is 2.21. The normalized spacial score (nSPS) is 12.3. The van der Waals surface area contributed by atoms with Crippen LogP contribution in [-0.4, -0.2) is 5.75 Å². The van der Waals surface area contributed by atoms with Gasteiger partial charge in [-0.05, 0) is 18.1 Å². The van der Waals surface area contributed by atoms with Crippen molar-refractivity contribution in [2.24, 2.45) is 0 Å². The molecule has 1 aromatic carbocycles. The second-order valence-electron chi connectivity index (χ2n) is 2.69. The Morgan fingerprint density at radius 1 is 1.31 bits per heavy atom. The van der Waals surface area contributed by atoms with Crippen LogP contribution < -0.4 is 0 Å². The Kier molecular flexibility index (Phi) is 4.41. The van der Waals surface area contributed by atoms with E-state index in [1.807, 2.05) is 31.2 Å². The predicted octanol–water partition coefficient (Wildman–Crippen LogP) is 3.58. The Balaban J connectivity index is 2.87. The number of hydrogen-bond acceptors (Lipinski definition) is 1. The maximum absolute atomic E-state index is 4.13. The van der Waals surface area contributed by atoms with E-state index in [0.29, 0.717) is 0 Å². The van der Waals surface area contributed by atoms with E-state index in [0.717, 1.165) is 5.75 Å². The van der Waals surface area contributed by atoms with Crippen molar-refractivity contribution in [3.8, 4) is 0 Å². The summed E-state index contributed by atoms with van der Waals surface area (Å²) in [6, 6.07) is 10.3. The molecule has 0 aliphatic carbocycles. The molecule has 0 atom stereocenters. The first-order chi connectivity index (χ1) is 6.38. The molecule has 0 amide bonds. The van der Waals surface area contributed by atoms with Crippen molar-refractivity contribution >= 4 is 18.2 Å². The van der Waals surface area contributed by atoms with Gasteiger partial charge in [-0.1, -0.05) is 48.6 Å². The SMILES string of the molecule is C/C=C(\C=C/CS)c1ccccc1. The highest BCUT2D eigenvalue weighted by Gasteiger charge is 1.92. The zero-order valence-corrected chi connectivity index (χ0v) is 8.67. The quantitative estimate of drug-likeness (QED) is 0.546. The zero-order valence-electron chi connectivity index (χ0n) is 7.77. The second-order valence-corrected chi connectivity index (χ2v) is 3.06. The van der Waals surface area contributed by atoms with E-state index in [2.05, 4.69) is 36.9 Å². The van der Waals surface area contributed by atoms with Gasteiger partial charge in [0.05, 0.1) is 0 Å². The van der Waals surface area contributed by atoms with Crippen molar-refractivity contribution in [1.29, 1.82) is 0 Å². The molecule has 1 rings (SSSR count). The van der Waals surface area contributed by atoms with Crippen molar-refractivity contribution < 1.29 is 0 Å². The van der Waals surface area contributed by atoms with E-state index in [4.69, 9.17) is 0 Å². The lowest BCUT2D eigenvalue weighted by Gasteiger charge is -2.00. The first-order valence-corrected chi connectivity index (χ1v) is 5.01. The third-order valence-electron chi connectivity index (χ3n) is 1.82. The Labute approximate surface area is 85.4 Å². The van der Waals surface area contributed by atoms with Crippen LogP contribution in [0.25, 0.3) is 5.57 Å². The van der Waals surface area contributed by atoms with Gasteiger partial charge < -0.3 is 0 Å². The summed E-state index contributed by atoms with van der Waals surface area (Å²) in [5, 5.41) is 0. The van der Waals surface area contributed by atoms with Crippen LogP contribution in [0.2, 0.25) is 0 Å². The highest BCUT2D eigenvalue weighted by Crippen LogP contribution is 2.14. The van der Waals surface area contributed by atoms with Gasteiger partial charge in [-0.3, -0.25) is 0 Å². The molecule has 13 heavy (non-hydrogen) atoms. The van der Waals surface area contributed by atoms with Crippen LogP contribution in [-0.2, 0) is 0 Å².